The number of nitrogens with zero attached hydrogens (tertiary/aromatic N) is 2. The Morgan fingerprint density at radius 1 is 0.477 bits per heavy atom. The van der Waals surface area contributed by atoms with Gasteiger partial charge in [0.25, 0.3) is 0 Å². The fourth-order valence-electron chi connectivity index (χ4n) is 4.79. The zero-order valence-corrected chi connectivity index (χ0v) is 33.1. The number of aliphatic carboxylic acids is 8. The van der Waals surface area contributed by atoms with Crippen molar-refractivity contribution in [3.8, 4) is 0 Å². The van der Waals surface area contributed by atoms with Crippen LogP contribution in [0.15, 0.2) is 0 Å². The van der Waals surface area contributed by atoms with Gasteiger partial charge in [0.05, 0.1) is 11.9 Å². The number of carbonyl (C=O) groups is 8. The van der Waals surface area contributed by atoms with Crippen molar-refractivity contribution < 1.29 is 212 Å². The van der Waals surface area contributed by atoms with Gasteiger partial charge in [-0.25, -0.2) is 28.8 Å². The first-order valence-electron chi connectivity index (χ1n) is 10.8. The standard InChI is InChI=1S/2C10H13NO8.2H3N.4Na.4H/c2*12-6(13)3-11(4-7(14)15,5-8(16)17)10(1-2-10)9(18)19;;;;;;;;;;/h2*1-5H2,(H3-,12,13,14,15,16,17,18,19);2*1H3;;;;;;;;/q;;;;4*+1;4*-1. The van der Waals surface area contributed by atoms with Gasteiger partial charge in [0.1, 0.15) is 13.1 Å². The molecule has 0 unspecified atom stereocenters. The van der Waals surface area contributed by atoms with Crippen LogP contribution in [-0.2, 0) is 38.4 Å². The van der Waals surface area contributed by atoms with E-state index in [0.29, 0.717) is 0 Å². The first-order valence-corrected chi connectivity index (χ1v) is 10.8. The molecule has 20 nitrogen and oxygen atoms in total. The van der Waals surface area contributed by atoms with E-state index in [4.69, 9.17) is 25.5 Å². The minimum atomic E-state index is -1.71. The van der Waals surface area contributed by atoms with Gasteiger partial charge in [0, 0.05) is 25.7 Å². The van der Waals surface area contributed by atoms with Crippen molar-refractivity contribution in [2.24, 2.45) is 0 Å². The Kier molecular flexibility index (Phi) is 28.3. The maximum absolute atomic E-state index is 11.3. The van der Waals surface area contributed by atoms with Crippen LogP contribution in [0.3, 0.4) is 0 Å². The van der Waals surface area contributed by atoms with Gasteiger partial charge in [-0.3, -0.25) is 8.97 Å². The zero-order chi connectivity index (χ0) is 29.7. The van der Waals surface area contributed by atoms with Crippen LogP contribution in [0.25, 0.3) is 0 Å². The summed E-state index contributed by atoms with van der Waals surface area (Å²) in [5, 5.41) is 75.2. The molecule has 236 valence electrons. The van der Waals surface area contributed by atoms with Gasteiger partial charge in [0.2, 0.25) is 0 Å². The van der Waals surface area contributed by atoms with Crippen LogP contribution >= 0.6 is 0 Å². The SMILES string of the molecule is N.N.O=C(O)C[N+](CC(=O)O)(CC(=O)O)C1(C(=O)O)CC1.O=C([O-])C[N+](CC(=O)[O-])(CC(=O)O)C1(C(=O)O)CC1.[H-].[H-].[H-].[H-].[Na+].[Na+].[Na+].[Na+]. The van der Waals surface area contributed by atoms with Crippen LogP contribution in [0.1, 0.15) is 31.4 Å². The first-order chi connectivity index (χ1) is 17.3. The second-order valence-electron chi connectivity index (χ2n) is 9.23. The Labute approximate surface area is 344 Å². The number of hydrogen-bond donors (Lipinski definition) is 8. The summed E-state index contributed by atoms with van der Waals surface area (Å²) < 4.78 is -2.15. The van der Waals surface area contributed by atoms with E-state index in [1.54, 1.807) is 0 Å². The second kappa shape index (κ2) is 22.2. The third kappa shape index (κ3) is 14.2. The van der Waals surface area contributed by atoms with Crippen LogP contribution in [0.4, 0.5) is 0 Å². The number of carbonyl (C=O) groups excluding carboxylic acids is 2. The third-order valence-electron chi connectivity index (χ3n) is 6.67. The van der Waals surface area contributed by atoms with E-state index in [9.17, 15) is 53.7 Å². The average molecular weight is 680 g/mol. The summed E-state index contributed by atoms with van der Waals surface area (Å²) in [5.74, 6) is -12.0. The van der Waals surface area contributed by atoms with Crippen molar-refractivity contribution in [1.82, 2.24) is 12.3 Å². The Morgan fingerprint density at radius 2 is 0.659 bits per heavy atom. The molecule has 2 saturated carbocycles. The van der Waals surface area contributed by atoms with E-state index in [-0.39, 0.29) is 162 Å². The summed E-state index contributed by atoms with van der Waals surface area (Å²) in [4.78, 5) is 87.5. The molecule has 44 heavy (non-hydrogen) atoms. The van der Waals surface area contributed by atoms with Crippen molar-refractivity contribution in [3.05, 3.63) is 0 Å². The predicted molar refractivity (Wildman–Crippen MR) is 124 cm³/mol. The minimum absolute atomic E-state index is 0. The molecule has 0 bridgehead atoms. The molecule has 0 amide bonds. The molecule has 0 aromatic rings. The molecule has 0 atom stereocenters. The van der Waals surface area contributed by atoms with Gasteiger partial charge >= 0.3 is 154 Å². The Morgan fingerprint density at radius 3 is 0.773 bits per heavy atom. The molecular weight excluding hydrogens is 644 g/mol. The van der Waals surface area contributed by atoms with Crippen molar-refractivity contribution >= 4 is 47.8 Å². The van der Waals surface area contributed by atoms with Crippen LogP contribution in [-0.4, -0.2) is 138 Å². The summed E-state index contributed by atoms with van der Waals surface area (Å²) in [6, 6.07) is 0. The van der Waals surface area contributed by atoms with Crippen molar-refractivity contribution in [3.63, 3.8) is 0 Å². The number of hydrogen-bond acceptors (Lipinski definition) is 12. The minimum Gasteiger partial charge on any atom is -1.00 e. The van der Waals surface area contributed by atoms with E-state index < -0.39 is 107 Å². The van der Waals surface area contributed by atoms with E-state index in [2.05, 4.69) is 0 Å². The number of carboxylic acids is 8. The van der Waals surface area contributed by atoms with Crippen molar-refractivity contribution in [2.45, 2.75) is 36.8 Å². The van der Waals surface area contributed by atoms with Gasteiger partial charge < -0.3 is 68.4 Å². The molecule has 0 aromatic carbocycles. The molecule has 0 radical (unpaired) electrons. The van der Waals surface area contributed by atoms with Gasteiger partial charge in [0.15, 0.2) is 37.3 Å². The monoisotopic (exact) mass is 680 g/mol. The Bertz CT molecular complexity index is 925. The predicted octanol–water partition coefficient (Wildman–Crippen LogP) is -16.5. The number of rotatable bonds is 16. The third-order valence-corrected chi connectivity index (χ3v) is 6.67. The average Bonchev–Trinajstić information content (AvgIpc) is 3.57. The van der Waals surface area contributed by atoms with E-state index in [1.165, 1.54) is 0 Å². The van der Waals surface area contributed by atoms with Crippen molar-refractivity contribution in [2.75, 3.05) is 39.3 Å². The molecule has 2 fully saturated rings. The molecule has 0 aromatic heterocycles. The maximum atomic E-state index is 11.3. The molecule has 0 aliphatic heterocycles. The summed E-state index contributed by atoms with van der Waals surface area (Å²) >= 11 is 0. The molecule has 2 aliphatic carbocycles. The summed E-state index contributed by atoms with van der Waals surface area (Å²) in [5.41, 5.74) is -3.34. The van der Waals surface area contributed by atoms with Crippen LogP contribution in [0.5, 0.6) is 0 Å². The van der Waals surface area contributed by atoms with Gasteiger partial charge in [-0.1, -0.05) is 0 Å². The van der Waals surface area contributed by atoms with Crippen LogP contribution < -0.4 is 141 Å². The quantitative estimate of drug-likeness (QED) is 0.0554. The molecule has 0 spiro atoms. The molecule has 12 N–H and O–H groups in total. The summed E-state index contributed by atoms with van der Waals surface area (Å²) in [6.45, 7) is -5.52. The number of quaternary nitrogens is 2. The topological polar surface area (TPSA) is 374 Å². The molecule has 0 saturated heterocycles. The van der Waals surface area contributed by atoms with Gasteiger partial charge in [-0.15, -0.1) is 0 Å². The largest absolute Gasteiger partial charge is 1.00 e. The maximum Gasteiger partial charge on any atom is 1.00 e. The molecule has 2 rings (SSSR count). The van der Waals surface area contributed by atoms with Gasteiger partial charge in [-0.2, -0.15) is 0 Å². The zero-order valence-electron chi connectivity index (χ0n) is 29.1. The Balaban J connectivity index is -0.0000000622. The van der Waals surface area contributed by atoms with Gasteiger partial charge in [-0.05, 0) is 0 Å². The van der Waals surface area contributed by atoms with Crippen LogP contribution in [0, 0.1) is 0 Å². The molecule has 24 heteroatoms. The molecular formula is C20H36N4Na4O16. The van der Waals surface area contributed by atoms with E-state index >= 15 is 0 Å². The summed E-state index contributed by atoms with van der Waals surface area (Å²) in [7, 11) is 0. The van der Waals surface area contributed by atoms with E-state index in [1.807, 2.05) is 0 Å². The molecule has 2 aliphatic rings. The fraction of sp³-hybridized carbons (Fsp3) is 0.600. The van der Waals surface area contributed by atoms with Crippen LogP contribution in [0.2, 0.25) is 0 Å². The summed E-state index contributed by atoms with van der Waals surface area (Å²) in [6.07, 6.45) is 0.151. The molecule has 0 heterocycles. The Hall–Kier alpha value is -0.400. The fourth-order valence-corrected chi connectivity index (χ4v) is 4.79. The van der Waals surface area contributed by atoms with E-state index in [0.717, 1.165) is 0 Å². The number of carboxylic acid groups (broad SMARTS) is 8. The smallest absolute Gasteiger partial charge is 1.00 e. The normalized spacial score (nSPS) is 14.4. The first kappa shape index (κ1) is 56.0. The van der Waals surface area contributed by atoms with Crippen molar-refractivity contribution in [1.29, 1.82) is 0 Å². The second-order valence-corrected chi connectivity index (χ2v) is 9.23.